The second-order valence-electron chi connectivity index (χ2n) is 6.60. The molecule has 1 saturated carbocycles. The Balaban J connectivity index is 1.47. The molecule has 0 spiro atoms. The van der Waals surface area contributed by atoms with Crippen molar-refractivity contribution in [1.29, 1.82) is 0 Å². The SMILES string of the molecule is c1ccc(N2CCCCC2)c(CNc2ccnc(C3CC3)n2)c1. The molecular formula is C19H24N4. The van der Waals surface area contributed by atoms with Gasteiger partial charge in [-0.2, -0.15) is 0 Å². The molecule has 1 aromatic heterocycles. The van der Waals surface area contributed by atoms with Gasteiger partial charge in [0.1, 0.15) is 11.6 Å². The average molecular weight is 308 g/mol. The van der Waals surface area contributed by atoms with Gasteiger partial charge in [0, 0.05) is 37.4 Å². The van der Waals surface area contributed by atoms with Crippen LogP contribution in [0.1, 0.15) is 49.4 Å². The van der Waals surface area contributed by atoms with Gasteiger partial charge in [-0.15, -0.1) is 0 Å². The van der Waals surface area contributed by atoms with E-state index in [9.17, 15) is 0 Å². The Kier molecular flexibility index (Phi) is 4.14. The molecule has 0 bridgehead atoms. The molecule has 1 aliphatic heterocycles. The molecule has 2 aromatic rings. The van der Waals surface area contributed by atoms with Crippen LogP contribution in [0.2, 0.25) is 0 Å². The lowest BCUT2D eigenvalue weighted by atomic mass is 10.1. The number of nitrogens with zero attached hydrogens (tertiary/aromatic N) is 3. The van der Waals surface area contributed by atoms with Crippen LogP contribution in [0.15, 0.2) is 36.5 Å². The number of anilines is 2. The number of aromatic nitrogens is 2. The summed E-state index contributed by atoms with van der Waals surface area (Å²) in [5.41, 5.74) is 2.72. The van der Waals surface area contributed by atoms with E-state index in [-0.39, 0.29) is 0 Å². The molecule has 0 amide bonds. The topological polar surface area (TPSA) is 41.0 Å². The Labute approximate surface area is 138 Å². The lowest BCUT2D eigenvalue weighted by Crippen LogP contribution is -2.30. The molecule has 1 aromatic carbocycles. The summed E-state index contributed by atoms with van der Waals surface area (Å²) in [7, 11) is 0. The minimum atomic E-state index is 0.595. The van der Waals surface area contributed by atoms with Gasteiger partial charge in [-0.05, 0) is 49.8 Å². The van der Waals surface area contributed by atoms with Gasteiger partial charge in [0.2, 0.25) is 0 Å². The summed E-state index contributed by atoms with van der Waals surface area (Å²) in [4.78, 5) is 11.6. The van der Waals surface area contributed by atoms with Crippen LogP contribution in [0.5, 0.6) is 0 Å². The molecule has 2 aliphatic rings. The van der Waals surface area contributed by atoms with Crippen molar-refractivity contribution >= 4 is 11.5 Å². The van der Waals surface area contributed by atoms with Crippen LogP contribution in [-0.2, 0) is 6.54 Å². The summed E-state index contributed by atoms with van der Waals surface area (Å²) >= 11 is 0. The predicted octanol–water partition coefficient (Wildman–Crippen LogP) is 3.96. The fraction of sp³-hybridized carbons (Fsp3) is 0.474. The lowest BCUT2D eigenvalue weighted by Gasteiger charge is -2.30. The van der Waals surface area contributed by atoms with Crippen LogP contribution in [0.4, 0.5) is 11.5 Å². The van der Waals surface area contributed by atoms with Gasteiger partial charge in [0.15, 0.2) is 0 Å². The van der Waals surface area contributed by atoms with E-state index in [2.05, 4.69) is 44.5 Å². The van der Waals surface area contributed by atoms with Gasteiger partial charge >= 0.3 is 0 Å². The third-order valence-corrected chi connectivity index (χ3v) is 4.77. The van der Waals surface area contributed by atoms with E-state index in [1.54, 1.807) is 0 Å². The highest BCUT2D eigenvalue weighted by atomic mass is 15.1. The third kappa shape index (κ3) is 3.46. The first-order valence-corrected chi connectivity index (χ1v) is 8.80. The van der Waals surface area contributed by atoms with Gasteiger partial charge in [-0.25, -0.2) is 9.97 Å². The van der Waals surface area contributed by atoms with Gasteiger partial charge in [-0.3, -0.25) is 0 Å². The third-order valence-electron chi connectivity index (χ3n) is 4.77. The Morgan fingerprint density at radius 1 is 1.04 bits per heavy atom. The number of para-hydroxylation sites is 1. The molecular weight excluding hydrogens is 284 g/mol. The number of hydrogen-bond acceptors (Lipinski definition) is 4. The van der Waals surface area contributed by atoms with Crippen molar-refractivity contribution in [2.75, 3.05) is 23.3 Å². The molecule has 1 aliphatic carbocycles. The van der Waals surface area contributed by atoms with Crippen molar-refractivity contribution in [2.24, 2.45) is 0 Å². The fourth-order valence-electron chi connectivity index (χ4n) is 3.30. The van der Waals surface area contributed by atoms with E-state index in [0.717, 1.165) is 18.2 Å². The smallest absolute Gasteiger partial charge is 0.133 e. The number of hydrogen-bond donors (Lipinski definition) is 1. The summed E-state index contributed by atoms with van der Waals surface area (Å²) < 4.78 is 0. The quantitative estimate of drug-likeness (QED) is 0.908. The van der Waals surface area contributed by atoms with Crippen molar-refractivity contribution in [3.63, 3.8) is 0 Å². The second-order valence-corrected chi connectivity index (χ2v) is 6.60. The Hall–Kier alpha value is -2.10. The maximum atomic E-state index is 4.66. The number of rotatable bonds is 5. The van der Waals surface area contributed by atoms with Gasteiger partial charge in [0.05, 0.1) is 0 Å². The highest BCUT2D eigenvalue weighted by Gasteiger charge is 2.26. The monoisotopic (exact) mass is 308 g/mol. The number of benzene rings is 1. The zero-order valence-corrected chi connectivity index (χ0v) is 13.5. The van der Waals surface area contributed by atoms with Crippen LogP contribution >= 0.6 is 0 Å². The molecule has 0 atom stereocenters. The molecule has 4 heteroatoms. The van der Waals surface area contributed by atoms with Gasteiger partial charge < -0.3 is 10.2 Å². The Bertz CT molecular complexity index is 660. The Morgan fingerprint density at radius 3 is 2.70 bits per heavy atom. The summed E-state index contributed by atoms with van der Waals surface area (Å²) in [5, 5.41) is 3.49. The molecule has 2 heterocycles. The first-order chi connectivity index (χ1) is 11.4. The highest BCUT2D eigenvalue weighted by molar-refractivity contribution is 5.55. The highest BCUT2D eigenvalue weighted by Crippen LogP contribution is 2.38. The van der Waals surface area contributed by atoms with E-state index in [0.29, 0.717) is 5.92 Å². The summed E-state index contributed by atoms with van der Waals surface area (Å²) in [6, 6.07) is 10.7. The minimum Gasteiger partial charge on any atom is -0.371 e. The first kappa shape index (κ1) is 14.5. The minimum absolute atomic E-state index is 0.595. The van der Waals surface area contributed by atoms with Crippen molar-refractivity contribution < 1.29 is 0 Å². The second kappa shape index (κ2) is 6.57. The molecule has 23 heavy (non-hydrogen) atoms. The van der Waals surface area contributed by atoms with Crippen LogP contribution in [0, 0.1) is 0 Å². The maximum Gasteiger partial charge on any atom is 0.133 e. The van der Waals surface area contributed by atoms with Crippen LogP contribution < -0.4 is 10.2 Å². The van der Waals surface area contributed by atoms with Crippen LogP contribution in [-0.4, -0.2) is 23.1 Å². The van der Waals surface area contributed by atoms with Gasteiger partial charge in [-0.1, -0.05) is 18.2 Å². The molecule has 4 rings (SSSR count). The Morgan fingerprint density at radius 2 is 1.87 bits per heavy atom. The largest absolute Gasteiger partial charge is 0.371 e. The van der Waals surface area contributed by atoms with Crippen molar-refractivity contribution in [1.82, 2.24) is 9.97 Å². The van der Waals surface area contributed by atoms with Crippen molar-refractivity contribution in [3.8, 4) is 0 Å². The van der Waals surface area contributed by atoms with E-state index in [4.69, 9.17) is 0 Å². The zero-order chi connectivity index (χ0) is 15.5. The van der Waals surface area contributed by atoms with E-state index < -0.39 is 0 Å². The van der Waals surface area contributed by atoms with E-state index >= 15 is 0 Å². The molecule has 2 fully saturated rings. The van der Waals surface area contributed by atoms with Crippen LogP contribution in [0.25, 0.3) is 0 Å². The maximum absolute atomic E-state index is 4.66. The molecule has 0 radical (unpaired) electrons. The summed E-state index contributed by atoms with van der Waals surface area (Å²) in [6.45, 7) is 3.17. The fourth-order valence-corrected chi connectivity index (χ4v) is 3.30. The van der Waals surface area contributed by atoms with Crippen molar-refractivity contribution in [3.05, 3.63) is 47.9 Å². The number of nitrogens with one attached hydrogen (secondary N) is 1. The van der Waals surface area contributed by atoms with E-state index in [1.807, 2.05) is 12.3 Å². The first-order valence-electron chi connectivity index (χ1n) is 8.80. The lowest BCUT2D eigenvalue weighted by molar-refractivity contribution is 0.576. The average Bonchev–Trinajstić information content (AvgIpc) is 3.46. The zero-order valence-electron chi connectivity index (χ0n) is 13.5. The standard InChI is InChI=1S/C19H24N4/c1-4-12-23(13-5-1)17-7-3-2-6-16(17)14-21-18-10-11-20-19(22-18)15-8-9-15/h2-3,6-7,10-11,15H,1,4-5,8-9,12-14H2,(H,20,21,22). The molecule has 120 valence electrons. The molecule has 0 unspecified atom stereocenters. The van der Waals surface area contributed by atoms with E-state index in [1.165, 1.54) is 56.4 Å². The predicted molar refractivity (Wildman–Crippen MR) is 93.8 cm³/mol. The molecule has 1 saturated heterocycles. The van der Waals surface area contributed by atoms with Gasteiger partial charge in [0.25, 0.3) is 0 Å². The number of piperidine rings is 1. The molecule has 1 N–H and O–H groups in total. The summed E-state index contributed by atoms with van der Waals surface area (Å²) in [6.07, 6.45) is 8.32. The molecule has 4 nitrogen and oxygen atoms in total. The normalized spacial score (nSPS) is 18.0. The van der Waals surface area contributed by atoms with Crippen LogP contribution in [0.3, 0.4) is 0 Å². The summed E-state index contributed by atoms with van der Waals surface area (Å²) in [5.74, 6) is 2.53. The van der Waals surface area contributed by atoms with Crippen molar-refractivity contribution in [2.45, 2.75) is 44.6 Å².